The monoisotopic (exact) mass is 301 g/mol. The minimum absolute atomic E-state index is 0.171. The van der Waals surface area contributed by atoms with Crippen LogP contribution in [0.4, 0.5) is 0 Å². The highest BCUT2D eigenvalue weighted by Crippen LogP contribution is 2.21. The highest BCUT2D eigenvalue weighted by atomic mass is 35.5. The molecule has 0 aliphatic heterocycles. The molecule has 4 nitrogen and oxygen atoms in total. The maximum absolute atomic E-state index is 11.6. The molecule has 18 heavy (non-hydrogen) atoms. The van der Waals surface area contributed by atoms with Crippen LogP contribution in [0.3, 0.4) is 0 Å². The van der Waals surface area contributed by atoms with Gasteiger partial charge in [-0.15, -0.1) is 5.10 Å². The number of amides is 1. The number of hydrogen-bond acceptors (Lipinski definition) is 4. The van der Waals surface area contributed by atoms with Crippen molar-refractivity contribution in [2.75, 3.05) is 6.54 Å². The minimum atomic E-state index is -0.171. The normalized spacial score (nSPS) is 10.3. The quantitative estimate of drug-likeness (QED) is 0.945. The summed E-state index contributed by atoms with van der Waals surface area (Å²) in [6.45, 7) is 0.498. The van der Waals surface area contributed by atoms with E-state index in [1.54, 1.807) is 12.1 Å². The van der Waals surface area contributed by atoms with Crippen LogP contribution >= 0.6 is 34.7 Å². The Hall–Kier alpha value is -1.17. The van der Waals surface area contributed by atoms with Crippen molar-refractivity contribution in [2.24, 2.45) is 0 Å². The topological polar surface area (TPSA) is 54.9 Å². The summed E-state index contributed by atoms with van der Waals surface area (Å²) in [6.07, 6.45) is 2.09. The second-order valence-electron chi connectivity index (χ2n) is 3.52. The SMILES string of the molecule is O=C(NCCc1ccc(Cl)cc1Cl)c1cnns1. The Bertz CT molecular complexity index is 545. The molecule has 2 rings (SSSR count). The Morgan fingerprint density at radius 3 is 2.89 bits per heavy atom. The molecule has 0 fully saturated rings. The van der Waals surface area contributed by atoms with E-state index in [0.29, 0.717) is 27.9 Å². The number of benzene rings is 1. The van der Waals surface area contributed by atoms with Crippen LogP contribution in [0.1, 0.15) is 15.2 Å². The molecule has 1 heterocycles. The zero-order chi connectivity index (χ0) is 13.0. The van der Waals surface area contributed by atoms with Crippen LogP contribution in [0.15, 0.2) is 24.4 Å². The first-order valence-electron chi connectivity index (χ1n) is 5.16. The van der Waals surface area contributed by atoms with Crippen LogP contribution < -0.4 is 5.32 Å². The highest BCUT2D eigenvalue weighted by molar-refractivity contribution is 7.07. The summed E-state index contributed by atoms with van der Waals surface area (Å²) in [5.74, 6) is -0.171. The van der Waals surface area contributed by atoms with Crippen molar-refractivity contribution < 1.29 is 4.79 Å². The highest BCUT2D eigenvalue weighted by Gasteiger charge is 2.08. The second kappa shape index (κ2) is 6.13. The van der Waals surface area contributed by atoms with Gasteiger partial charge in [0.2, 0.25) is 0 Å². The number of halogens is 2. The van der Waals surface area contributed by atoms with E-state index in [4.69, 9.17) is 23.2 Å². The lowest BCUT2D eigenvalue weighted by atomic mass is 10.1. The fourth-order valence-corrected chi connectivity index (χ4v) is 2.32. The molecule has 1 aromatic carbocycles. The number of carbonyl (C=O) groups is 1. The van der Waals surface area contributed by atoms with Gasteiger partial charge in [-0.05, 0) is 35.6 Å². The van der Waals surface area contributed by atoms with E-state index in [1.807, 2.05) is 6.07 Å². The zero-order valence-corrected chi connectivity index (χ0v) is 11.5. The van der Waals surface area contributed by atoms with Crippen LogP contribution in [0.25, 0.3) is 0 Å². The molecule has 0 spiro atoms. The predicted molar refractivity (Wildman–Crippen MR) is 72.4 cm³/mol. The summed E-state index contributed by atoms with van der Waals surface area (Å²) in [4.78, 5) is 12.1. The Kier molecular flexibility index (Phi) is 4.52. The Morgan fingerprint density at radius 1 is 1.39 bits per heavy atom. The third-order valence-corrected chi connectivity index (χ3v) is 3.53. The van der Waals surface area contributed by atoms with Gasteiger partial charge in [-0.25, -0.2) is 0 Å². The van der Waals surface area contributed by atoms with E-state index in [1.165, 1.54) is 6.20 Å². The lowest BCUT2D eigenvalue weighted by Crippen LogP contribution is -2.24. The summed E-state index contributed by atoms with van der Waals surface area (Å²) in [5, 5.41) is 7.59. The molecular weight excluding hydrogens is 293 g/mol. The average Bonchev–Trinajstić information content (AvgIpc) is 2.85. The van der Waals surface area contributed by atoms with Gasteiger partial charge in [0.15, 0.2) is 0 Å². The Morgan fingerprint density at radius 2 is 2.22 bits per heavy atom. The Balaban J connectivity index is 1.87. The fraction of sp³-hybridized carbons (Fsp3) is 0.182. The van der Waals surface area contributed by atoms with Crippen LogP contribution in [0, 0.1) is 0 Å². The van der Waals surface area contributed by atoms with Crippen molar-refractivity contribution in [2.45, 2.75) is 6.42 Å². The van der Waals surface area contributed by atoms with E-state index in [9.17, 15) is 4.79 Å². The minimum Gasteiger partial charge on any atom is -0.351 e. The van der Waals surface area contributed by atoms with Crippen molar-refractivity contribution in [1.29, 1.82) is 0 Å². The third kappa shape index (κ3) is 3.41. The maximum atomic E-state index is 11.6. The third-order valence-electron chi connectivity index (χ3n) is 2.28. The maximum Gasteiger partial charge on any atom is 0.264 e. The number of aromatic nitrogens is 2. The van der Waals surface area contributed by atoms with Crippen molar-refractivity contribution in [3.8, 4) is 0 Å². The van der Waals surface area contributed by atoms with Crippen molar-refractivity contribution >= 4 is 40.6 Å². The van der Waals surface area contributed by atoms with Crippen LogP contribution in [-0.4, -0.2) is 22.0 Å². The standard InChI is InChI=1S/C11H9Cl2N3OS/c12-8-2-1-7(9(13)5-8)3-4-14-11(17)10-6-15-16-18-10/h1-2,5-6H,3-4H2,(H,14,17). The molecule has 0 bridgehead atoms. The largest absolute Gasteiger partial charge is 0.351 e. The van der Waals surface area contributed by atoms with Gasteiger partial charge < -0.3 is 5.32 Å². The first-order valence-corrected chi connectivity index (χ1v) is 6.69. The van der Waals surface area contributed by atoms with Gasteiger partial charge in [-0.3, -0.25) is 4.79 Å². The molecule has 1 aromatic heterocycles. The van der Waals surface area contributed by atoms with E-state index in [2.05, 4.69) is 14.9 Å². The summed E-state index contributed by atoms with van der Waals surface area (Å²) in [6, 6.07) is 5.32. The molecule has 0 saturated carbocycles. The molecule has 0 unspecified atom stereocenters. The molecule has 0 aliphatic carbocycles. The number of rotatable bonds is 4. The number of nitrogens with one attached hydrogen (secondary N) is 1. The number of carbonyl (C=O) groups excluding carboxylic acids is 1. The summed E-state index contributed by atoms with van der Waals surface area (Å²) < 4.78 is 3.63. The zero-order valence-electron chi connectivity index (χ0n) is 9.19. The lowest BCUT2D eigenvalue weighted by Gasteiger charge is -2.05. The van der Waals surface area contributed by atoms with Crippen molar-refractivity contribution in [3.05, 3.63) is 44.9 Å². The molecule has 0 saturated heterocycles. The second-order valence-corrected chi connectivity index (χ2v) is 5.15. The lowest BCUT2D eigenvalue weighted by molar-refractivity contribution is 0.0958. The molecule has 94 valence electrons. The van der Waals surface area contributed by atoms with Crippen molar-refractivity contribution in [3.63, 3.8) is 0 Å². The van der Waals surface area contributed by atoms with Gasteiger partial charge >= 0.3 is 0 Å². The van der Waals surface area contributed by atoms with Crippen molar-refractivity contribution in [1.82, 2.24) is 14.9 Å². The fourth-order valence-electron chi connectivity index (χ4n) is 1.39. The summed E-state index contributed by atoms with van der Waals surface area (Å²) in [5.41, 5.74) is 0.948. The number of hydrogen-bond donors (Lipinski definition) is 1. The first kappa shape index (κ1) is 13.3. The van der Waals surface area contributed by atoms with Gasteiger partial charge in [0.1, 0.15) is 4.88 Å². The Labute approximate surface area is 118 Å². The average molecular weight is 302 g/mol. The van der Waals surface area contributed by atoms with E-state index >= 15 is 0 Å². The molecule has 0 aliphatic rings. The van der Waals surface area contributed by atoms with E-state index in [-0.39, 0.29) is 5.91 Å². The van der Waals surface area contributed by atoms with Crippen LogP contribution in [-0.2, 0) is 6.42 Å². The van der Waals surface area contributed by atoms with Gasteiger partial charge in [0.25, 0.3) is 5.91 Å². The molecule has 2 aromatic rings. The van der Waals surface area contributed by atoms with Gasteiger partial charge in [0, 0.05) is 16.6 Å². The number of nitrogens with zero attached hydrogens (tertiary/aromatic N) is 2. The molecule has 1 N–H and O–H groups in total. The molecule has 0 radical (unpaired) electrons. The van der Waals surface area contributed by atoms with Crippen LogP contribution in [0.2, 0.25) is 10.0 Å². The van der Waals surface area contributed by atoms with E-state index in [0.717, 1.165) is 17.1 Å². The molecular formula is C11H9Cl2N3OS. The smallest absolute Gasteiger partial charge is 0.264 e. The molecule has 0 atom stereocenters. The molecule has 7 heteroatoms. The van der Waals surface area contributed by atoms with Gasteiger partial charge in [-0.1, -0.05) is 33.8 Å². The predicted octanol–water partition coefficient (Wildman–Crippen LogP) is 2.82. The van der Waals surface area contributed by atoms with Gasteiger partial charge in [-0.2, -0.15) is 0 Å². The van der Waals surface area contributed by atoms with Gasteiger partial charge in [0.05, 0.1) is 6.20 Å². The molecule has 1 amide bonds. The summed E-state index contributed by atoms with van der Waals surface area (Å²) >= 11 is 12.9. The first-order chi connectivity index (χ1) is 8.66. The van der Waals surface area contributed by atoms with Crippen LogP contribution in [0.5, 0.6) is 0 Å². The van der Waals surface area contributed by atoms with E-state index < -0.39 is 0 Å². The summed E-state index contributed by atoms with van der Waals surface area (Å²) in [7, 11) is 0.